The molecule has 0 radical (unpaired) electrons. The van der Waals surface area contributed by atoms with Gasteiger partial charge >= 0.3 is 5.97 Å². The number of ether oxygens (including phenoxy) is 2. The molecule has 0 N–H and O–H groups in total. The fourth-order valence-electron chi connectivity index (χ4n) is 2.68. The van der Waals surface area contributed by atoms with Crippen LogP contribution in [0.5, 0.6) is 5.75 Å². The summed E-state index contributed by atoms with van der Waals surface area (Å²) in [6.07, 6.45) is 8.26. The zero-order valence-corrected chi connectivity index (χ0v) is 14.4. The van der Waals surface area contributed by atoms with Gasteiger partial charge in [0.2, 0.25) is 0 Å². The van der Waals surface area contributed by atoms with Gasteiger partial charge in [0, 0.05) is 12.3 Å². The number of aliphatic imine (C=N–C) groups is 1. The van der Waals surface area contributed by atoms with Crippen molar-refractivity contribution in [1.29, 1.82) is 0 Å². The van der Waals surface area contributed by atoms with E-state index in [2.05, 4.69) is 4.99 Å². The van der Waals surface area contributed by atoms with Crippen LogP contribution >= 0.6 is 0 Å². The average molecular weight is 317 g/mol. The fourth-order valence-corrected chi connectivity index (χ4v) is 2.68. The predicted molar refractivity (Wildman–Crippen MR) is 92.2 cm³/mol. The van der Waals surface area contributed by atoms with Crippen molar-refractivity contribution in [2.24, 2.45) is 4.99 Å². The number of hydrogen-bond acceptors (Lipinski definition) is 4. The molecule has 23 heavy (non-hydrogen) atoms. The lowest BCUT2D eigenvalue weighted by atomic mass is 9.96. The van der Waals surface area contributed by atoms with Gasteiger partial charge in [0.25, 0.3) is 0 Å². The monoisotopic (exact) mass is 317 g/mol. The van der Waals surface area contributed by atoms with Gasteiger partial charge in [-0.15, -0.1) is 0 Å². The molecule has 1 saturated carbocycles. The third-order valence-electron chi connectivity index (χ3n) is 4.03. The number of hydrogen-bond donors (Lipinski definition) is 0. The molecule has 0 amide bonds. The van der Waals surface area contributed by atoms with Crippen LogP contribution in [0.4, 0.5) is 0 Å². The van der Waals surface area contributed by atoms with Gasteiger partial charge in [-0.25, -0.2) is 4.79 Å². The molecule has 4 heteroatoms. The minimum Gasteiger partial charge on any atom is -0.476 e. The third-order valence-corrected chi connectivity index (χ3v) is 4.03. The maximum absolute atomic E-state index is 11.8. The Balaban J connectivity index is 1.93. The van der Waals surface area contributed by atoms with Gasteiger partial charge in [-0.05, 0) is 63.4 Å². The Labute approximate surface area is 138 Å². The Morgan fingerprint density at radius 3 is 2.48 bits per heavy atom. The number of carbonyl (C=O) groups excluding carboxylic acids is 1. The summed E-state index contributed by atoms with van der Waals surface area (Å²) in [5.41, 5.74) is 0.0603. The molecule has 0 aromatic heterocycles. The molecule has 1 fully saturated rings. The Bertz CT molecular complexity index is 528. The van der Waals surface area contributed by atoms with Crippen molar-refractivity contribution in [1.82, 2.24) is 0 Å². The molecule has 1 aromatic carbocycles. The van der Waals surface area contributed by atoms with Crippen molar-refractivity contribution in [3.05, 3.63) is 29.8 Å². The van der Waals surface area contributed by atoms with E-state index in [-0.39, 0.29) is 5.97 Å². The van der Waals surface area contributed by atoms with E-state index in [1.54, 1.807) is 20.8 Å². The molecular weight excluding hydrogens is 290 g/mol. The largest absolute Gasteiger partial charge is 0.476 e. The Kier molecular flexibility index (Phi) is 6.20. The lowest BCUT2D eigenvalue weighted by molar-refractivity contribution is -0.158. The minimum atomic E-state index is -0.992. The second-order valence-electron chi connectivity index (χ2n) is 6.47. The number of benzene rings is 1. The standard InChI is InChI=1S/C19H27NO3/c1-4-22-18(21)19(2,3)23-17-12-10-15(11-13-17)14-20-16-8-6-5-7-9-16/h10-14,16H,4-9H2,1-3H3/b20-14+. The summed E-state index contributed by atoms with van der Waals surface area (Å²) in [4.78, 5) is 16.5. The normalized spacial score (nSPS) is 16.5. The van der Waals surface area contributed by atoms with Crippen molar-refractivity contribution in [3.63, 3.8) is 0 Å². The first-order valence-corrected chi connectivity index (χ1v) is 8.51. The highest BCUT2D eigenvalue weighted by Gasteiger charge is 2.31. The zero-order valence-electron chi connectivity index (χ0n) is 14.4. The molecule has 0 saturated heterocycles. The van der Waals surface area contributed by atoms with Gasteiger partial charge in [0.1, 0.15) is 5.75 Å². The molecule has 1 aliphatic carbocycles. The second-order valence-corrected chi connectivity index (χ2v) is 6.47. The first-order valence-electron chi connectivity index (χ1n) is 8.51. The van der Waals surface area contributed by atoms with Gasteiger partial charge in [0.15, 0.2) is 5.60 Å². The van der Waals surface area contributed by atoms with Crippen molar-refractivity contribution in [2.75, 3.05) is 6.61 Å². The zero-order chi connectivity index (χ0) is 16.7. The molecule has 126 valence electrons. The maximum Gasteiger partial charge on any atom is 0.349 e. The maximum atomic E-state index is 11.8. The molecule has 1 aromatic rings. The smallest absolute Gasteiger partial charge is 0.349 e. The Morgan fingerprint density at radius 1 is 1.22 bits per heavy atom. The van der Waals surface area contributed by atoms with E-state index in [1.807, 2.05) is 30.5 Å². The summed E-state index contributed by atoms with van der Waals surface area (Å²) in [5, 5.41) is 0. The van der Waals surface area contributed by atoms with E-state index >= 15 is 0 Å². The van der Waals surface area contributed by atoms with Gasteiger partial charge in [-0.3, -0.25) is 4.99 Å². The minimum absolute atomic E-state index is 0.349. The lowest BCUT2D eigenvalue weighted by Gasteiger charge is -2.24. The summed E-state index contributed by atoms with van der Waals surface area (Å²) in [7, 11) is 0. The molecule has 4 nitrogen and oxygen atoms in total. The van der Waals surface area contributed by atoms with Crippen molar-refractivity contribution < 1.29 is 14.3 Å². The summed E-state index contributed by atoms with van der Waals surface area (Å²) in [5.74, 6) is 0.292. The fraction of sp³-hybridized carbons (Fsp3) is 0.579. The second kappa shape index (κ2) is 8.14. The molecule has 0 spiro atoms. The molecular formula is C19H27NO3. The molecule has 0 aliphatic heterocycles. The third kappa shape index (κ3) is 5.38. The summed E-state index contributed by atoms with van der Waals surface area (Å²) in [6, 6.07) is 8.13. The van der Waals surface area contributed by atoms with E-state index in [4.69, 9.17) is 9.47 Å². The Hall–Kier alpha value is -1.84. The van der Waals surface area contributed by atoms with Gasteiger partial charge in [-0.1, -0.05) is 19.3 Å². The van der Waals surface area contributed by atoms with Crippen molar-refractivity contribution >= 4 is 12.2 Å². The van der Waals surface area contributed by atoms with E-state index in [0.29, 0.717) is 18.4 Å². The predicted octanol–water partition coefficient (Wildman–Crippen LogP) is 4.16. The number of carbonyl (C=O) groups is 1. The van der Waals surface area contributed by atoms with E-state index in [1.165, 1.54) is 32.1 Å². The molecule has 0 bridgehead atoms. The van der Waals surface area contributed by atoms with E-state index < -0.39 is 5.60 Å². The van der Waals surface area contributed by atoms with Crippen molar-refractivity contribution in [2.45, 2.75) is 64.5 Å². The summed E-state index contributed by atoms with van der Waals surface area (Å²) >= 11 is 0. The Morgan fingerprint density at radius 2 is 1.87 bits per heavy atom. The molecule has 0 unspecified atom stereocenters. The average Bonchev–Trinajstić information content (AvgIpc) is 2.55. The summed E-state index contributed by atoms with van der Waals surface area (Å²) in [6.45, 7) is 5.56. The van der Waals surface area contributed by atoms with Crippen LogP contribution in [-0.4, -0.2) is 30.4 Å². The van der Waals surface area contributed by atoms with E-state index in [0.717, 1.165) is 5.56 Å². The van der Waals surface area contributed by atoms with Crippen LogP contribution in [0.25, 0.3) is 0 Å². The van der Waals surface area contributed by atoms with Crippen LogP contribution in [-0.2, 0) is 9.53 Å². The van der Waals surface area contributed by atoms with E-state index in [9.17, 15) is 4.79 Å². The highest BCUT2D eigenvalue weighted by Crippen LogP contribution is 2.22. The van der Waals surface area contributed by atoms with Gasteiger partial charge in [-0.2, -0.15) is 0 Å². The van der Waals surface area contributed by atoms with Crippen LogP contribution in [0, 0.1) is 0 Å². The quantitative estimate of drug-likeness (QED) is 0.585. The number of nitrogens with zero attached hydrogens (tertiary/aromatic N) is 1. The van der Waals surface area contributed by atoms with Gasteiger partial charge in [0.05, 0.1) is 6.61 Å². The van der Waals surface area contributed by atoms with Crippen LogP contribution in [0.3, 0.4) is 0 Å². The topological polar surface area (TPSA) is 47.9 Å². The van der Waals surface area contributed by atoms with Crippen LogP contribution in [0.15, 0.2) is 29.3 Å². The van der Waals surface area contributed by atoms with Crippen molar-refractivity contribution in [3.8, 4) is 5.75 Å². The highest BCUT2D eigenvalue weighted by atomic mass is 16.6. The first kappa shape index (κ1) is 17.5. The number of esters is 1. The van der Waals surface area contributed by atoms with Gasteiger partial charge < -0.3 is 9.47 Å². The van der Waals surface area contributed by atoms with Crippen LogP contribution in [0.1, 0.15) is 58.4 Å². The lowest BCUT2D eigenvalue weighted by Crippen LogP contribution is -2.39. The number of rotatable bonds is 6. The molecule has 0 heterocycles. The molecule has 0 atom stereocenters. The molecule has 1 aliphatic rings. The summed E-state index contributed by atoms with van der Waals surface area (Å²) < 4.78 is 10.8. The van der Waals surface area contributed by atoms with Crippen LogP contribution < -0.4 is 4.74 Å². The highest BCUT2D eigenvalue weighted by molar-refractivity contribution is 5.80. The SMILES string of the molecule is CCOC(=O)C(C)(C)Oc1ccc(/C=N/C2CCCCC2)cc1. The van der Waals surface area contributed by atoms with Crippen LogP contribution in [0.2, 0.25) is 0 Å². The first-order chi connectivity index (χ1) is 11.0. The molecule has 2 rings (SSSR count).